The zero-order chi connectivity index (χ0) is 29.3. The molecule has 0 amide bonds. The van der Waals surface area contributed by atoms with Crippen molar-refractivity contribution in [1.82, 2.24) is 14.5 Å². The van der Waals surface area contributed by atoms with E-state index >= 15 is 0 Å². The highest BCUT2D eigenvalue weighted by Gasteiger charge is 2.28. The summed E-state index contributed by atoms with van der Waals surface area (Å²) < 4.78 is 15.3. The number of Topliss-reactive ketones (excluding diaryl/α,β-unsaturated/α-hetero) is 1. The molecule has 210 valence electrons. The Balaban J connectivity index is 1.39. The standard InChI is InChI=1S/C35H24FN3O2S2/c36-25-17-15-23(16-18-25)28-21-42-33-30(28)34(41)39(20-22-9-3-1-4-10-22)35(38-33)43-32(24-11-5-2-6-12-24)31(40)27-19-37-29-14-8-7-13-26(27)29/h1-19,21,32,37H,20H2/t32-/m1/s1. The normalized spacial score (nSPS) is 12.1. The minimum Gasteiger partial charge on any atom is -0.360 e. The van der Waals surface area contributed by atoms with E-state index < -0.39 is 5.25 Å². The number of benzene rings is 4. The van der Waals surface area contributed by atoms with E-state index in [1.807, 2.05) is 90.3 Å². The van der Waals surface area contributed by atoms with Crippen LogP contribution in [0.4, 0.5) is 4.39 Å². The highest BCUT2D eigenvalue weighted by atomic mass is 32.2. The molecule has 43 heavy (non-hydrogen) atoms. The van der Waals surface area contributed by atoms with Crippen LogP contribution in [0, 0.1) is 5.82 Å². The summed E-state index contributed by atoms with van der Waals surface area (Å²) in [4.78, 5) is 37.4. The summed E-state index contributed by atoms with van der Waals surface area (Å²) in [7, 11) is 0. The summed E-state index contributed by atoms with van der Waals surface area (Å²) in [6.07, 6.45) is 1.76. The molecule has 0 fully saturated rings. The number of carbonyl (C=O) groups excluding carboxylic acids is 1. The van der Waals surface area contributed by atoms with Crippen LogP contribution < -0.4 is 5.56 Å². The van der Waals surface area contributed by atoms with Gasteiger partial charge < -0.3 is 4.98 Å². The minimum absolute atomic E-state index is 0.0764. The summed E-state index contributed by atoms with van der Waals surface area (Å²) in [5.74, 6) is -0.416. The minimum atomic E-state index is -0.650. The van der Waals surface area contributed by atoms with Gasteiger partial charge in [-0.1, -0.05) is 103 Å². The predicted molar refractivity (Wildman–Crippen MR) is 172 cm³/mol. The van der Waals surface area contributed by atoms with E-state index in [2.05, 4.69) is 4.98 Å². The Bertz CT molecular complexity index is 2140. The maximum Gasteiger partial charge on any atom is 0.263 e. The number of halogens is 1. The molecule has 5 nitrogen and oxygen atoms in total. The molecule has 7 rings (SSSR count). The molecule has 0 saturated carbocycles. The van der Waals surface area contributed by atoms with Gasteiger partial charge in [-0.2, -0.15) is 0 Å². The van der Waals surface area contributed by atoms with Gasteiger partial charge in [0, 0.05) is 33.6 Å². The van der Waals surface area contributed by atoms with Crippen LogP contribution in [0.1, 0.15) is 26.7 Å². The lowest BCUT2D eigenvalue weighted by Gasteiger charge is -2.19. The van der Waals surface area contributed by atoms with Gasteiger partial charge in [-0.15, -0.1) is 11.3 Å². The average Bonchev–Trinajstić information content (AvgIpc) is 3.67. The Morgan fingerprint density at radius 1 is 0.907 bits per heavy atom. The van der Waals surface area contributed by atoms with E-state index in [1.54, 1.807) is 22.9 Å². The topological polar surface area (TPSA) is 67.8 Å². The van der Waals surface area contributed by atoms with Crippen molar-refractivity contribution in [2.75, 3.05) is 0 Å². The number of nitrogens with one attached hydrogen (secondary N) is 1. The van der Waals surface area contributed by atoms with E-state index in [9.17, 15) is 14.0 Å². The molecule has 3 heterocycles. The number of rotatable bonds is 8. The van der Waals surface area contributed by atoms with E-state index in [0.717, 1.165) is 27.6 Å². The van der Waals surface area contributed by atoms with Crippen molar-refractivity contribution in [2.24, 2.45) is 0 Å². The van der Waals surface area contributed by atoms with Gasteiger partial charge in [0.2, 0.25) is 0 Å². The summed E-state index contributed by atoms with van der Waals surface area (Å²) in [6, 6.07) is 33.2. The first-order valence-corrected chi connectivity index (χ1v) is 15.5. The van der Waals surface area contributed by atoms with E-state index in [1.165, 1.54) is 35.2 Å². The monoisotopic (exact) mass is 601 g/mol. The zero-order valence-corrected chi connectivity index (χ0v) is 24.4. The molecule has 0 spiro atoms. The van der Waals surface area contributed by atoms with Gasteiger partial charge >= 0.3 is 0 Å². The molecule has 0 aliphatic rings. The lowest BCUT2D eigenvalue weighted by Crippen LogP contribution is -2.24. The molecular weight excluding hydrogens is 578 g/mol. The maximum atomic E-state index is 14.3. The molecule has 8 heteroatoms. The fraction of sp³-hybridized carbons (Fsp3) is 0.0571. The summed E-state index contributed by atoms with van der Waals surface area (Å²) >= 11 is 2.65. The maximum absolute atomic E-state index is 14.3. The third-order valence-electron chi connectivity index (χ3n) is 7.42. The second kappa shape index (κ2) is 11.5. The van der Waals surface area contributed by atoms with Crippen molar-refractivity contribution in [3.63, 3.8) is 0 Å². The first kappa shape index (κ1) is 27.1. The number of hydrogen-bond donors (Lipinski definition) is 1. The Kier molecular flexibility index (Phi) is 7.22. The number of aromatic nitrogens is 3. The van der Waals surface area contributed by atoms with Gasteiger partial charge in [-0.3, -0.25) is 14.2 Å². The Labute approximate surface area is 254 Å². The first-order valence-electron chi connectivity index (χ1n) is 13.7. The molecule has 0 aliphatic carbocycles. The van der Waals surface area contributed by atoms with Gasteiger partial charge in [-0.05, 0) is 34.9 Å². The number of aromatic amines is 1. The number of fused-ring (bicyclic) bond motifs is 2. The molecule has 3 aromatic heterocycles. The SMILES string of the molecule is O=C(c1c[nH]c2ccccc12)[C@H](Sc1nc2scc(-c3ccc(F)cc3)c2c(=O)n1Cc1ccccc1)c1ccccc1. The van der Waals surface area contributed by atoms with Crippen molar-refractivity contribution in [3.8, 4) is 11.1 Å². The Morgan fingerprint density at radius 3 is 2.37 bits per heavy atom. The van der Waals surface area contributed by atoms with Crippen molar-refractivity contribution in [1.29, 1.82) is 0 Å². The molecule has 1 N–H and O–H groups in total. The van der Waals surface area contributed by atoms with Crippen molar-refractivity contribution in [3.05, 3.63) is 154 Å². The van der Waals surface area contributed by atoms with Crippen molar-refractivity contribution in [2.45, 2.75) is 17.0 Å². The second-order valence-corrected chi connectivity index (χ2v) is 12.1. The van der Waals surface area contributed by atoms with Crippen LogP contribution in [0.25, 0.3) is 32.2 Å². The third kappa shape index (κ3) is 5.20. The van der Waals surface area contributed by atoms with Gasteiger partial charge in [0.25, 0.3) is 5.56 Å². The van der Waals surface area contributed by atoms with Crippen LogP contribution in [-0.2, 0) is 6.54 Å². The number of carbonyl (C=O) groups is 1. The number of ketones is 1. The van der Waals surface area contributed by atoms with E-state index in [0.29, 0.717) is 26.5 Å². The smallest absolute Gasteiger partial charge is 0.263 e. The van der Waals surface area contributed by atoms with Crippen LogP contribution in [0.5, 0.6) is 0 Å². The number of thioether (sulfide) groups is 1. The lowest BCUT2D eigenvalue weighted by molar-refractivity contribution is 0.0991. The molecule has 7 aromatic rings. The average molecular weight is 602 g/mol. The summed E-state index contributed by atoms with van der Waals surface area (Å²) in [5.41, 5.74) is 4.48. The van der Waals surface area contributed by atoms with Crippen LogP contribution in [0.15, 0.2) is 131 Å². The fourth-order valence-electron chi connectivity index (χ4n) is 5.27. The van der Waals surface area contributed by atoms with Crippen molar-refractivity contribution >= 4 is 50.0 Å². The van der Waals surface area contributed by atoms with Crippen LogP contribution in [0.2, 0.25) is 0 Å². The number of para-hydroxylation sites is 1. The van der Waals surface area contributed by atoms with Gasteiger partial charge in [-0.25, -0.2) is 9.37 Å². The molecule has 4 aromatic carbocycles. The largest absolute Gasteiger partial charge is 0.360 e. The first-order chi connectivity index (χ1) is 21.1. The Hall–Kier alpha value is -4.79. The second-order valence-electron chi connectivity index (χ2n) is 10.1. The molecule has 0 unspecified atom stereocenters. The quantitative estimate of drug-likeness (QED) is 0.108. The highest BCUT2D eigenvalue weighted by Crippen LogP contribution is 2.40. The van der Waals surface area contributed by atoms with E-state index in [-0.39, 0.29) is 23.7 Å². The Morgan fingerprint density at radius 2 is 1.60 bits per heavy atom. The van der Waals surface area contributed by atoms with E-state index in [4.69, 9.17) is 4.98 Å². The number of H-pyrrole nitrogens is 1. The summed E-state index contributed by atoms with van der Waals surface area (Å²) in [6.45, 7) is 0.284. The van der Waals surface area contributed by atoms with Crippen molar-refractivity contribution < 1.29 is 9.18 Å². The molecule has 0 bridgehead atoms. The zero-order valence-electron chi connectivity index (χ0n) is 22.7. The fourth-order valence-corrected chi connectivity index (χ4v) is 7.42. The molecular formula is C35H24FN3O2S2. The van der Waals surface area contributed by atoms with Gasteiger partial charge in [0.05, 0.1) is 11.9 Å². The number of thiophene rings is 1. The number of nitrogens with zero attached hydrogens (tertiary/aromatic N) is 2. The molecule has 0 radical (unpaired) electrons. The number of hydrogen-bond acceptors (Lipinski definition) is 5. The van der Waals surface area contributed by atoms with Gasteiger partial charge in [0.15, 0.2) is 10.9 Å². The van der Waals surface area contributed by atoms with Gasteiger partial charge in [0.1, 0.15) is 15.9 Å². The lowest BCUT2D eigenvalue weighted by atomic mass is 10.0. The van der Waals surface area contributed by atoms with Crippen LogP contribution >= 0.6 is 23.1 Å². The third-order valence-corrected chi connectivity index (χ3v) is 9.53. The molecule has 1 atom stereocenters. The molecule has 0 aliphatic heterocycles. The van der Waals surface area contributed by atoms with Crippen LogP contribution in [0.3, 0.4) is 0 Å². The highest BCUT2D eigenvalue weighted by molar-refractivity contribution is 8.00. The van der Waals surface area contributed by atoms with Crippen LogP contribution in [-0.4, -0.2) is 20.3 Å². The molecule has 0 saturated heterocycles. The predicted octanol–water partition coefficient (Wildman–Crippen LogP) is 8.51. The summed E-state index contributed by atoms with van der Waals surface area (Å²) in [5, 5.41) is 3.02.